The Hall–Kier alpha value is -2.58. The molecule has 2 aliphatic rings. The van der Waals surface area contributed by atoms with Gasteiger partial charge in [0.15, 0.2) is 0 Å². The summed E-state index contributed by atoms with van der Waals surface area (Å²) in [5.41, 5.74) is 2.85. The second kappa shape index (κ2) is 14.5. The summed E-state index contributed by atoms with van der Waals surface area (Å²) in [5.74, 6) is -0.449. The number of carbonyl (C=O) groups excluding carboxylic acids is 1. The van der Waals surface area contributed by atoms with Gasteiger partial charge in [0.25, 0.3) is 6.02 Å². The van der Waals surface area contributed by atoms with Gasteiger partial charge in [0.2, 0.25) is 0 Å². The number of hydrogen-bond acceptors (Lipinski definition) is 7. The number of nitrogens with one attached hydrogen (secondary N) is 1. The van der Waals surface area contributed by atoms with Crippen LogP contribution in [0.2, 0.25) is 10.0 Å². The molecule has 1 saturated heterocycles. The minimum Gasteiger partial charge on any atom is -0.468 e. The van der Waals surface area contributed by atoms with Gasteiger partial charge in [-0.15, -0.1) is 0 Å². The van der Waals surface area contributed by atoms with Crippen molar-refractivity contribution in [1.82, 2.24) is 10.2 Å². The van der Waals surface area contributed by atoms with Gasteiger partial charge in [-0.25, -0.2) is 9.79 Å². The molecule has 0 aliphatic carbocycles. The molecule has 2 heterocycles. The van der Waals surface area contributed by atoms with Crippen LogP contribution in [-0.4, -0.2) is 63.5 Å². The van der Waals surface area contributed by atoms with Crippen molar-refractivity contribution in [2.75, 3.05) is 46.6 Å². The minimum absolute atomic E-state index is 0.197. The maximum Gasteiger partial charge on any atom is 0.338 e. The van der Waals surface area contributed by atoms with Crippen molar-refractivity contribution in [3.05, 3.63) is 81.0 Å². The van der Waals surface area contributed by atoms with Crippen LogP contribution >= 0.6 is 23.2 Å². The number of likely N-dealkylation sites (tertiary alicyclic amines) is 1. The first-order valence-corrected chi connectivity index (χ1v) is 13.9. The topological polar surface area (TPSA) is 72.4 Å². The molecule has 2 aliphatic heterocycles. The van der Waals surface area contributed by atoms with Gasteiger partial charge in [-0.3, -0.25) is 0 Å². The molecule has 9 heteroatoms. The van der Waals surface area contributed by atoms with Gasteiger partial charge in [0.1, 0.15) is 6.04 Å². The van der Waals surface area contributed by atoms with Crippen LogP contribution in [0, 0.1) is 0 Å². The number of hydrogen-bond donors (Lipinski definition) is 1. The lowest BCUT2D eigenvalue weighted by Gasteiger charge is -2.28. The maximum atomic E-state index is 13.5. The Labute approximate surface area is 234 Å². The summed E-state index contributed by atoms with van der Waals surface area (Å²) in [4.78, 5) is 20.5. The normalized spacial score (nSPS) is 18.1. The molecule has 0 aromatic heterocycles. The van der Waals surface area contributed by atoms with Gasteiger partial charge in [-0.1, -0.05) is 66.0 Å². The number of piperidine rings is 1. The zero-order chi connectivity index (χ0) is 26.7. The van der Waals surface area contributed by atoms with Gasteiger partial charge < -0.3 is 24.4 Å². The second-order valence-electron chi connectivity index (χ2n) is 9.41. The van der Waals surface area contributed by atoms with Crippen LogP contribution in [0.3, 0.4) is 0 Å². The first-order valence-electron chi connectivity index (χ1n) is 13.1. The molecule has 0 bridgehead atoms. The van der Waals surface area contributed by atoms with Crippen molar-refractivity contribution in [3.8, 4) is 0 Å². The number of aliphatic imine (C=N–C) groups is 1. The van der Waals surface area contributed by atoms with Crippen LogP contribution in [0.25, 0.3) is 0 Å². The number of aryl methyl sites for hydroxylation is 1. The molecule has 0 radical (unpaired) electrons. The van der Waals surface area contributed by atoms with Crippen LogP contribution in [0.4, 0.5) is 0 Å². The van der Waals surface area contributed by atoms with Crippen LogP contribution in [-0.2, 0) is 25.4 Å². The zero-order valence-corrected chi connectivity index (χ0v) is 23.3. The van der Waals surface area contributed by atoms with E-state index in [0.29, 0.717) is 39.9 Å². The lowest BCUT2D eigenvalue weighted by atomic mass is 9.96. The highest BCUT2D eigenvalue weighted by Gasteiger charge is 2.33. The predicted molar refractivity (Wildman–Crippen MR) is 151 cm³/mol. The summed E-state index contributed by atoms with van der Waals surface area (Å²) in [6.07, 6.45) is 5.28. The standard InChI is InChI=1S/C29H35Cl2N3O4/c1-36-29-32-25(20-37-18-16-34-14-6-3-7-15-34)26(27(33-29)22-12-13-23(30)24(31)19-22)28(35)38-17-8-11-21-9-4-2-5-10-21/h2,4-5,9-10,12-13,19,27H,3,6-8,11,14-18,20H2,1H3,(H,32,33). The first kappa shape index (κ1) is 28.4. The third-order valence-electron chi connectivity index (χ3n) is 6.71. The van der Waals surface area contributed by atoms with Gasteiger partial charge in [0, 0.05) is 6.54 Å². The molecule has 2 aromatic carbocycles. The Morgan fingerprint density at radius 2 is 1.84 bits per heavy atom. The van der Waals surface area contributed by atoms with E-state index in [1.165, 1.54) is 31.9 Å². The van der Waals surface area contributed by atoms with Crippen molar-refractivity contribution in [1.29, 1.82) is 0 Å². The number of benzene rings is 2. The molecule has 7 nitrogen and oxygen atoms in total. The molecule has 1 N–H and O–H groups in total. The maximum absolute atomic E-state index is 13.5. The van der Waals surface area contributed by atoms with E-state index in [9.17, 15) is 4.79 Å². The molecule has 204 valence electrons. The fourth-order valence-corrected chi connectivity index (χ4v) is 4.97. The molecular weight excluding hydrogens is 525 g/mol. The number of rotatable bonds is 11. The Morgan fingerprint density at radius 1 is 1.05 bits per heavy atom. The summed E-state index contributed by atoms with van der Waals surface area (Å²) in [6.45, 7) is 4.10. The van der Waals surface area contributed by atoms with E-state index in [1.807, 2.05) is 18.2 Å². The summed E-state index contributed by atoms with van der Waals surface area (Å²) >= 11 is 12.5. The number of methoxy groups -OCH3 is 1. The first-order chi connectivity index (χ1) is 18.5. The molecule has 0 saturated carbocycles. The molecule has 38 heavy (non-hydrogen) atoms. The second-order valence-corrected chi connectivity index (χ2v) is 10.2. The van der Waals surface area contributed by atoms with E-state index in [2.05, 4.69) is 27.3 Å². The van der Waals surface area contributed by atoms with Crippen molar-refractivity contribution in [3.63, 3.8) is 0 Å². The van der Waals surface area contributed by atoms with Crippen LogP contribution in [0.5, 0.6) is 0 Å². The van der Waals surface area contributed by atoms with Crippen molar-refractivity contribution in [2.24, 2.45) is 4.99 Å². The largest absolute Gasteiger partial charge is 0.468 e. The molecule has 1 atom stereocenters. The molecular formula is C29H35Cl2N3O4. The summed E-state index contributed by atoms with van der Waals surface area (Å²) in [7, 11) is 1.53. The highest BCUT2D eigenvalue weighted by atomic mass is 35.5. The van der Waals surface area contributed by atoms with E-state index in [0.717, 1.165) is 26.1 Å². The van der Waals surface area contributed by atoms with Gasteiger partial charge >= 0.3 is 5.97 Å². The fourth-order valence-electron chi connectivity index (χ4n) is 4.67. The molecule has 0 spiro atoms. The van der Waals surface area contributed by atoms with E-state index >= 15 is 0 Å². The van der Waals surface area contributed by atoms with Gasteiger partial charge in [-0.05, 0) is 62.0 Å². The Morgan fingerprint density at radius 3 is 2.58 bits per heavy atom. The van der Waals surface area contributed by atoms with Crippen LogP contribution in [0.15, 0.2) is 64.8 Å². The fraction of sp³-hybridized carbons (Fsp3) is 0.448. The zero-order valence-electron chi connectivity index (χ0n) is 21.8. The lowest BCUT2D eigenvalue weighted by Crippen LogP contribution is -2.37. The number of amidine groups is 1. The summed E-state index contributed by atoms with van der Waals surface area (Å²) in [6, 6.07) is 15.0. The highest BCUT2D eigenvalue weighted by molar-refractivity contribution is 6.42. The van der Waals surface area contributed by atoms with Crippen molar-refractivity contribution >= 4 is 35.2 Å². The number of halogens is 2. The summed E-state index contributed by atoms with van der Waals surface area (Å²) < 4.78 is 17.2. The Kier molecular flexibility index (Phi) is 10.9. The Bertz CT molecular complexity index is 1130. The molecule has 2 aromatic rings. The van der Waals surface area contributed by atoms with E-state index < -0.39 is 12.0 Å². The quantitative estimate of drug-likeness (QED) is 0.286. The average Bonchev–Trinajstić information content (AvgIpc) is 2.95. The average molecular weight is 561 g/mol. The van der Waals surface area contributed by atoms with E-state index in [4.69, 9.17) is 37.4 Å². The van der Waals surface area contributed by atoms with Gasteiger partial charge in [-0.2, -0.15) is 0 Å². The number of nitrogens with zero attached hydrogens (tertiary/aromatic N) is 2. The minimum atomic E-state index is -0.678. The molecule has 1 fully saturated rings. The van der Waals surface area contributed by atoms with Crippen molar-refractivity contribution in [2.45, 2.75) is 38.1 Å². The SMILES string of the molecule is COC1=NC(c2ccc(Cl)c(Cl)c2)C(C(=O)OCCCc2ccccc2)=C(COCCN2CCCCC2)N1. The molecule has 4 rings (SSSR count). The van der Waals surface area contributed by atoms with Crippen LogP contribution < -0.4 is 5.32 Å². The smallest absolute Gasteiger partial charge is 0.338 e. The van der Waals surface area contributed by atoms with Crippen LogP contribution in [0.1, 0.15) is 42.9 Å². The van der Waals surface area contributed by atoms with E-state index in [-0.39, 0.29) is 19.2 Å². The summed E-state index contributed by atoms with van der Waals surface area (Å²) in [5, 5.41) is 3.93. The third-order valence-corrected chi connectivity index (χ3v) is 7.45. The van der Waals surface area contributed by atoms with Crippen molar-refractivity contribution < 1.29 is 19.0 Å². The van der Waals surface area contributed by atoms with E-state index in [1.54, 1.807) is 18.2 Å². The molecule has 0 amide bonds. The Balaban J connectivity index is 1.49. The van der Waals surface area contributed by atoms with Gasteiger partial charge in [0.05, 0.1) is 48.2 Å². The highest BCUT2D eigenvalue weighted by Crippen LogP contribution is 2.35. The lowest BCUT2D eigenvalue weighted by molar-refractivity contribution is -0.139. The number of ether oxygens (including phenoxy) is 3. The monoisotopic (exact) mass is 559 g/mol. The third kappa shape index (κ3) is 7.96. The number of esters is 1. The number of carbonyl (C=O) groups is 1. The predicted octanol–water partition coefficient (Wildman–Crippen LogP) is 5.57. The molecule has 1 unspecified atom stereocenters.